The van der Waals surface area contributed by atoms with E-state index in [0.717, 1.165) is 23.5 Å². The van der Waals surface area contributed by atoms with Gasteiger partial charge in [-0.2, -0.15) is 4.98 Å². The van der Waals surface area contributed by atoms with Gasteiger partial charge >= 0.3 is 5.69 Å². The van der Waals surface area contributed by atoms with Crippen LogP contribution in [0.3, 0.4) is 0 Å². The molecule has 0 amide bonds. The second kappa shape index (κ2) is 8.70. The van der Waals surface area contributed by atoms with Crippen molar-refractivity contribution in [2.45, 2.75) is 20.0 Å². The molecule has 3 heterocycles. The van der Waals surface area contributed by atoms with Gasteiger partial charge in [0.2, 0.25) is 5.95 Å². The van der Waals surface area contributed by atoms with Crippen LogP contribution >= 0.6 is 0 Å². The molecule has 0 radical (unpaired) electrons. The molecule has 2 aromatic carbocycles. The fourth-order valence-corrected chi connectivity index (χ4v) is 4.52. The Morgan fingerprint density at radius 2 is 1.88 bits per heavy atom. The first-order valence-corrected chi connectivity index (χ1v) is 11.3. The fraction of sp³-hybridized carbons (Fsp3) is 0.269. The van der Waals surface area contributed by atoms with Crippen molar-refractivity contribution < 1.29 is 4.74 Å². The highest BCUT2D eigenvalue weighted by atomic mass is 16.5. The standard InChI is InChI=1S/C26H27N5O3/c1-18-16-30(20-12-7-13-21(15-20)34-3)25-27-23-22(31(25)17-18)24(32)29(26(33)28(23)2)14-8-11-19-9-5-4-6-10-19/h4-13,15,18H,14,16-17H2,1-3H3/b11-8-/t18-/m0/s1. The van der Waals surface area contributed by atoms with Gasteiger partial charge in [0, 0.05) is 38.4 Å². The lowest BCUT2D eigenvalue weighted by Crippen LogP contribution is -2.40. The van der Waals surface area contributed by atoms with E-state index in [1.54, 1.807) is 14.2 Å². The van der Waals surface area contributed by atoms with E-state index in [4.69, 9.17) is 9.72 Å². The number of imidazole rings is 1. The Hall–Kier alpha value is -4.07. The summed E-state index contributed by atoms with van der Waals surface area (Å²) in [7, 11) is 3.30. The van der Waals surface area contributed by atoms with E-state index < -0.39 is 0 Å². The smallest absolute Gasteiger partial charge is 0.332 e. The summed E-state index contributed by atoms with van der Waals surface area (Å²) >= 11 is 0. The zero-order chi connectivity index (χ0) is 23.8. The van der Waals surface area contributed by atoms with Gasteiger partial charge < -0.3 is 14.2 Å². The third kappa shape index (κ3) is 3.71. The van der Waals surface area contributed by atoms with E-state index in [2.05, 4.69) is 11.8 Å². The minimum absolute atomic E-state index is 0.187. The third-order valence-corrected chi connectivity index (χ3v) is 6.21. The second-order valence-corrected chi connectivity index (χ2v) is 8.68. The fourth-order valence-electron chi connectivity index (χ4n) is 4.52. The summed E-state index contributed by atoms with van der Waals surface area (Å²) < 4.78 is 10.1. The molecule has 1 atom stereocenters. The Morgan fingerprint density at radius 3 is 2.65 bits per heavy atom. The molecule has 0 fully saturated rings. The van der Waals surface area contributed by atoms with Crippen molar-refractivity contribution in [2.24, 2.45) is 13.0 Å². The Morgan fingerprint density at radius 1 is 1.09 bits per heavy atom. The number of rotatable bonds is 5. The van der Waals surface area contributed by atoms with Crippen LogP contribution in [-0.2, 0) is 20.1 Å². The summed E-state index contributed by atoms with van der Waals surface area (Å²) in [6.45, 7) is 3.73. The molecular weight excluding hydrogens is 430 g/mol. The minimum Gasteiger partial charge on any atom is -0.497 e. The number of fused-ring (bicyclic) bond motifs is 3. The molecule has 5 rings (SSSR count). The maximum Gasteiger partial charge on any atom is 0.332 e. The van der Waals surface area contributed by atoms with Crippen LogP contribution in [-0.4, -0.2) is 32.3 Å². The van der Waals surface area contributed by atoms with Crippen LogP contribution in [0.2, 0.25) is 0 Å². The molecule has 174 valence electrons. The number of allylic oxidation sites excluding steroid dienone is 1. The number of aryl methyl sites for hydroxylation is 1. The van der Waals surface area contributed by atoms with Crippen molar-refractivity contribution in [1.29, 1.82) is 0 Å². The van der Waals surface area contributed by atoms with E-state index in [1.165, 1.54) is 9.13 Å². The Kier molecular flexibility index (Phi) is 5.57. The summed E-state index contributed by atoms with van der Waals surface area (Å²) in [6, 6.07) is 17.6. The maximum absolute atomic E-state index is 13.5. The first-order chi connectivity index (χ1) is 16.5. The zero-order valence-electron chi connectivity index (χ0n) is 19.5. The molecule has 4 aromatic rings. The first-order valence-electron chi connectivity index (χ1n) is 11.3. The molecule has 8 nitrogen and oxygen atoms in total. The largest absolute Gasteiger partial charge is 0.497 e. The normalized spacial score (nSPS) is 15.7. The van der Waals surface area contributed by atoms with E-state index in [1.807, 2.05) is 71.3 Å². The number of hydrogen-bond donors (Lipinski definition) is 0. The number of benzene rings is 2. The summed E-state index contributed by atoms with van der Waals surface area (Å²) in [5.41, 5.74) is 2.08. The quantitative estimate of drug-likeness (QED) is 0.459. The first kappa shape index (κ1) is 21.8. The van der Waals surface area contributed by atoms with Crippen LogP contribution < -0.4 is 20.9 Å². The summed E-state index contributed by atoms with van der Waals surface area (Å²) in [5, 5.41) is 0. The van der Waals surface area contributed by atoms with Crippen LogP contribution in [0.4, 0.5) is 11.6 Å². The average Bonchev–Trinajstić information content (AvgIpc) is 3.24. The summed E-state index contributed by atoms with van der Waals surface area (Å²) in [5.74, 6) is 1.68. The average molecular weight is 458 g/mol. The van der Waals surface area contributed by atoms with Gasteiger partial charge in [0.15, 0.2) is 11.2 Å². The molecule has 0 unspecified atom stereocenters. The highest BCUT2D eigenvalue weighted by Gasteiger charge is 2.29. The van der Waals surface area contributed by atoms with Crippen LogP contribution in [0.15, 0.2) is 70.3 Å². The van der Waals surface area contributed by atoms with E-state index >= 15 is 0 Å². The Labute approximate surface area is 197 Å². The summed E-state index contributed by atoms with van der Waals surface area (Å²) in [6.07, 6.45) is 3.75. The molecule has 8 heteroatoms. The monoisotopic (exact) mass is 457 g/mol. The SMILES string of the molecule is COc1cccc(N2C[C@H](C)Cn3c2nc2c3c(=O)n(C/C=C\c3ccccc3)c(=O)n2C)c1. The van der Waals surface area contributed by atoms with Gasteiger partial charge in [-0.05, 0) is 23.6 Å². The third-order valence-electron chi connectivity index (χ3n) is 6.21. The topological polar surface area (TPSA) is 74.3 Å². The summed E-state index contributed by atoms with van der Waals surface area (Å²) in [4.78, 5) is 33.5. The zero-order valence-corrected chi connectivity index (χ0v) is 19.5. The van der Waals surface area contributed by atoms with Crippen LogP contribution in [0.25, 0.3) is 17.2 Å². The molecule has 0 N–H and O–H groups in total. The van der Waals surface area contributed by atoms with Crippen LogP contribution in [0, 0.1) is 5.92 Å². The molecule has 1 aliphatic rings. The van der Waals surface area contributed by atoms with Gasteiger partial charge in [-0.3, -0.25) is 13.9 Å². The lowest BCUT2D eigenvalue weighted by atomic mass is 10.1. The van der Waals surface area contributed by atoms with Crippen molar-refractivity contribution in [3.8, 4) is 5.75 Å². The number of ether oxygens (including phenoxy) is 1. The maximum atomic E-state index is 13.5. The van der Waals surface area contributed by atoms with Gasteiger partial charge in [0.1, 0.15) is 5.75 Å². The molecule has 0 saturated heterocycles. The Balaban J connectivity index is 1.63. The van der Waals surface area contributed by atoms with Gasteiger partial charge in [-0.1, -0.05) is 55.5 Å². The molecular formula is C26H27N5O3. The van der Waals surface area contributed by atoms with Gasteiger partial charge in [0.25, 0.3) is 5.56 Å². The molecule has 0 saturated carbocycles. The number of aromatic nitrogens is 4. The van der Waals surface area contributed by atoms with Crippen molar-refractivity contribution in [3.63, 3.8) is 0 Å². The Bertz CT molecular complexity index is 1500. The number of methoxy groups -OCH3 is 1. The van der Waals surface area contributed by atoms with Crippen molar-refractivity contribution in [2.75, 3.05) is 18.6 Å². The molecule has 0 bridgehead atoms. The van der Waals surface area contributed by atoms with E-state index in [-0.39, 0.29) is 23.7 Å². The van der Waals surface area contributed by atoms with E-state index in [0.29, 0.717) is 23.7 Å². The van der Waals surface area contributed by atoms with Crippen LogP contribution in [0.5, 0.6) is 5.75 Å². The van der Waals surface area contributed by atoms with Crippen LogP contribution in [0.1, 0.15) is 12.5 Å². The lowest BCUT2D eigenvalue weighted by Gasteiger charge is -2.33. The van der Waals surface area contributed by atoms with Gasteiger partial charge in [-0.25, -0.2) is 4.79 Å². The molecule has 2 aromatic heterocycles. The number of nitrogens with zero attached hydrogens (tertiary/aromatic N) is 5. The minimum atomic E-state index is -0.383. The highest BCUT2D eigenvalue weighted by Crippen LogP contribution is 2.34. The van der Waals surface area contributed by atoms with Gasteiger partial charge in [0.05, 0.1) is 7.11 Å². The molecule has 0 aliphatic carbocycles. The molecule has 0 spiro atoms. The number of hydrogen-bond acceptors (Lipinski definition) is 5. The predicted octanol–water partition coefficient (Wildman–Crippen LogP) is 3.41. The van der Waals surface area contributed by atoms with Crippen molar-refractivity contribution in [3.05, 3.63) is 87.1 Å². The van der Waals surface area contributed by atoms with Crippen molar-refractivity contribution >= 4 is 28.9 Å². The predicted molar refractivity (Wildman–Crippen MR) is 134 cm³/mol. The molecule has 1 aliphatic heterocycles. The molecule has 34 heavy (non-hydrogen) atoms. The number of anilines is 2. The van der Waals surface area contributed by atoms with E-state index in [9.17, 15) is 9.59 Å². The highest BCUT2D eigenvalue weighted by molar-refractivity contribution is 5.77. The second-order valence-electron chi connectivity index (χ2n) is 8.68. The lowest BCUT2D eigenvalue weighted by molar-refractivity contribution is 0.414. The van der Waals surface area contributed by atoms with Gasteiger partial charge in [-0.15, -0.1) is 0 Å². The van der Waals surface area contributed by atoms with Crippen molar-refractivity contribution in [1.82, 2.24) is 18.7 Å².